The minimum atomic E-state index is -0.816. The van der Waals surface area contributed by atoms with Gasteiger partial charge in [0.2, 0.25) is 11.8 Å². The number of hydrogen-bond acceptors (Lipinski definition) is 8. The van der Waals surface area contributed by atoms with Gasteiger partial charge in [0.15, 0.2) is 11.5 Å². The Bertz CT molecular complexity index is 1720. The van der Waals surface area contributed by atoms with E-state index in [1.165, 1.54) is 9.13 Å². The molecule has 0 radical (unpaired) electrons. The van der Waals surface area contributed by atoms with Gasteiger partial charge in [-0.2, -0.15) is 0 Å². The molecule has 3 aromatic rings. The molecule has 45 heavy (non-hydrogen) atoms. The van der Waals surface area contributed by atoms with E-state index in [2.05, 4.69) is 17.6 Å². The van der Waals surface area contributed by atoms with Gasteiger partial charge in [0.05, 0.1) is 22.3 Å². The molecule has 13 nitrogen and oxygen atoms in total. The first kappa shape index (κ1) is 31.6. The molecule has 240 valence electrons. The fourth-order valence-electron chi connectivity index (χ4n) is 5.58. The van der Waals surface area contributed by atoms with E-state index in [4.69, 9.17) is 14.2 Å². The number of amides is 4. The minimum Gasteiger partial charge on any atom is -0.485 e. The summed E-state index contributed by atoms with van der Waals surface area (Å²) in [5, 5.41) is 5.01. The number of imide groups is 1. The molecule has 5 rings (SSSR count). The smallest absolute Gasteiger partial charge is 0.412 e. The van der Waals surface area contributed by atoms with E-state index in [9.17, 15) is 24.0 Å². The highest BCUT2D eigenvalue weighted by Crippen LogP contribution is 2.42. The standard InChI is InChI=1S/C32H39N5O8/c1-6-7-8-15-36(19-9-12-22-24(18-19)35(5)31(42)37(22)23-13-14-25(38)34-28(23)39)29(40)20-10-11-21(27-26(20)43-16-17-44-27)33-30(41)45-32(2,3)4/h9-12,18,23H,6-8,13-17H2,1-5H3,(H,33,41)(H,34,38,39). The summed E-state index contributed by atoms with van der Waals surface area (Å²) in [5.74, 6) is -0.759. The zero-order valence-electron chi connectivity index (χ0n) is 26.2. The largest absolute Gasteiger partial charge is 0.485 e. The van der Waals surface area contributed by atoms with Crippen LogP contribution in [0.1, 0.15) is 76.2 Å². The fraction of sp³-hybridized carbons (Fsp3) is 0.469. The number of carbonyl (C=O) groups excluding carboxylic acids is 4. The maximum Gasteiger partial charge on any atom is 0.412 e. The van der Waals surface area contributed by atoms with E-state index >= 15 is 0 Å². The fourth-order valence-corrected chi connectivity index (χ4v) is 5.58. The molecule has 0 spiro atoms. The van der Waals surface area contributed by atoms with Gasteiger partial charge in [0.1, 0.15) is 24.9 Å². The number of carbonyl (C=O) groups is 4. The van der Waals surface area contributed by atoms with Gasteiger partial charge in [-0.3, -0.25) is 34.2 Å². The van der Waals surface area contributed by atoms with Crippen molar-refractivity contribution >= 4 is 46.2 Å². The van der Waals surface area contributed by atoms with Gasteiger partial charge < -0.3 is 19.1 Å². The first-order valence-corrected chi connectivity index (χ1v) is 15.2. The van der Waals surface area contributed by atoms with Gasteiger partial charge in [-0.25, -0.2) is 9.59 Å². The number of nitrogens with one attached hydrogen (secondary N) is 2. The number of nitrogens with zero attached hydrogens (tertiary/aromatic N) is 3. The van der Waals surface area contributed by atoms with Crippen LogP contribution in [0.15, 0.2) is 35.1 Å². The van der Waals surface area contributed by atoms with Crippen molar-refractivity contribution < 1.29 is 33.4 Å². The van der Waals surface area contributed by atoms with Crippen molar-refractivity contribution in [2.75, 3.05) is 30.0 Å². The summed E-state index contributed by atoms with van der Waals surface area (Å²) in [5.41, 5.74) is 1.09. The summed E-state index contributed by atoms with van der Waals surface area (Å²) < 4.78 is 20.0. The Labute approximate surface area is 260 Å². The number of ether oxygens (including phenoxy) is 3. The number of imidazole rings is 1. The van der Waals surface area contributed by atoms with Crippen LogP contribution in [0, 0.1) is 0 Å². The van der Waals surface area contributed by atoms with E-state index in [1.54, 1.807) is 63.1 Å². The number of fused-ring (bicyclic) bond motifs is 2. The lowest BCUT2D eigenvalue weighted by molar-refractivity contribution is -0.135. The molecule has 2 aliphatic rings. The summed E-state index contributed by atoms with van der Waals surface area (Å²) in [7, 11) is 1.61. The van der Waals surface area contributed by atoms with E-state index in [0.29, 0.717) is 29.0 Å². The molecule has 2 N–H and O–H groups in total. The Balaban J connectivity index is 1.52. The molecule has 1 fully saturated rings. The Morgan fingerprint density at radius 2 is 1.78 bits per heavy atom. The summed E-state index contributed by atoms with van der Waals surface area (Å²) in [6, 6.07) is 7.58. The molecule has 13 heteroatoms. The lowest BCUT2D eigenvalue weighted by Crippen LogP contribution is -2.44. The van der Waals surface area contributed by atoms with E-state index in [1.807, 2.05) is 0 Å². The monoisotopic (exact) mass is 621 g/mol. The second-order valence-corrected chi connectivity index (χ2v) is 12.2. The molecule has 4 amide bonds. The molecule has 0 aliphatic carbocycles. The number of anilines is 2. The predicted octanol–water partition coefficient (Wildman–Crippen LogP) is 4.27. The van der Waals surface area contributed by atoms with Crippen molar-refractivity contribution in [3.8, 4) is 11.5 Å². The third-order valence-corrected chi connectivity index (χ3v) is 7.69. The van der Waals surface area contributed by atoms with Crippen LogP contribution in [0.5, 0.6) is 11.5 Å². The molecule has 2 aromatic carbocycles. The van der Waals surface area contributed by atoms with Crippen LogP contribution in [0.4, 0.5) is 16.2 Å². The van der Waals surface area contributed by atoms with Crippen LogP contribution >= 0.6 is 0 Å². The van der Waals surface area contributed by atoms with Gasteiger partial charge in [0, 0.05) is 25.7 Å². The summed E-state index contributed by atoms with van der Waals surface area (Å²) in [4.78, 5) is 66.1. The summed E-state index contributed by atoms with van der Waals surface area (Å²) in [6.07, 6.45) is 2.27. The Morgan fingerprint density at radius 1 is 1.04 bits per heavy atom. The van der Waals surface area contributed by atoms with Crippen LogP contribution < -0.4 is 30.7 Å². The molecule has 0 saturated carbocycles. The van der Waals surface area contributed by atoms with Gasteiger partial charge in [0.25, 0.3) is 5.91 Å². The van der Waals surface area contributed by atoms with Gasteiger partial charge >= 0.3 is 11.8 Å². The molecule has 2 aliphatic heterocycles. The van der Waals surface area contributed by atoms with Crippen molar-refractivity contribution in [1.82, 2.24) is 14.5 Å². The first-order valence-electron chi connectivity index (χ1n) is 15.2. The zero-order valence-corrected chi connectivity index (χ0v) is 26.2. The highest BCUT2D eigenvalue weighted by atomic mass is 16.6. The zero-order chi connectivity index (χ0) is 32.5. The SMILES string of the molecule is CCCCCN(C(=O)c1ccc(NC(=O)OC(C)(C)C)c2c1OCCO2)c1ccc2c(c1)n(C)c(=O)n2C1CCC(=O)NC1=O. The quantitative estimate of drug-likeness (QED) is 0.280. The normalized spacial score (nSPS) is 16.3. The molecule has 3 heterocycles. The third kappa shape index (κ3) is 6.52. The van der Waals surface area contributed by atoms with E-state index in [-0.39, 0.29) is 54.9 Å². The topological polar surface area (TPSA) is 150 Å². The highest BCUT2D eigenvalue weighted by molar-refractivity contribution is 6.10. The summed E-state index contributed by atoms with van der Waals surface area (Å²) in [6.45, 7) is 8.21. The Kier molecular flexibility index (Phi) is 8.89. The Hall–Kier alpha value is -4.81. The summed E-state index contributed by atoms with van der Waals surface area (Å²) >= 11 is 0. The average Bonchev–Trinajstić information content (AvgIpc) is 3.23. The molecule has 1 unspecified atom stereocenters. The lowest BCUT2D eigenvalue weighted by Gasteiger charge is -2.28. The van der Waals surface area contributed by atoms with Crippen LogP contribution in [0.25, 0.3) is 11.0 Å². The number of benzene rings is 2. The van der Waals surface area contributed by atoms with E-state index in [0.717, 1.165) is 19.3 Å². The average molecular weight is 622 g/mol. The molecular formula is C32H39N5O8. The van der Waals surface area contributed by atoms with Crippen molar-refractivity contribution in [2.45, 2.75) is 71.4 Å². The maximum atomic E-state index is 14.3. The van der Waals surface area contributed by atoms with Gasteiger partial charge in [-0.15, -0.1) is 0 Å². The molecule has 0 bridgehead atoms. The molecule has 1 saturated heterocycles. The second-order valence-electron chi connectivity index (χ2n) is 12.2. The highest BCUT2D eigenvalue weighted by Gasteiger charge is 2.32. The van der Waals surface area contributed by atoms with Crippen molar-refractivity contribution in [3.63, 3.8) is 0 Å². The van der Waals surface area contributed by atoms with Crippen LogP contribution in [0.3, 0.4) is 0 Å². The molecule has 1 aromatic heterocycles. The van der Waals surface area contributed by atoms with Crippen molar-refractivity contribution in [1.29, 1.82) is 0 Å². The maximum absolute atomic E-state index is 14.3. The van der Waals surface area contributed by atoms with E-state index < -0.39 is 29.3 Å². The van der Waals surface area contributed by atoms with Crippen LogP contribution in [-0.2, 0) is 21.4 Å². The number of aryl methyl sites for hydroxylation is 1. The Morgan fingerprint density at radius 3 is 2.47 bits per heavy atom. The lowest BCUT2D eigenvalue weighted by atomic mass is 10.1. The van der Waals surface area contributed by atoms with Crippen LogP contribution in [-0.4, -0.2) is 58.3 Å². The number of piperidine rings is 1. The number of hydrogen-bond donors (Lipinski definition) is 2. The van der Waals surface area contributed by atoms with Crippen LogP contribution in [0.2, 0.25) is 0 Å². The predicted molar refractivity (Wildman–Crippen MR) is 167 cm³/mol. The molecular weight excluding hydrogens is 582 g/mol. The van der Waals surface area contributed by atoms with Crippen molar-refractivity contribution in [2.24, 2.45) is 7.05 Å². The van der Waals surface area contributed by atoms with Crippen molar-refractivity contribution in [3.05, 3.63) is 46.4 Å². The van der Waals surface area contributed by atoms with Gasteiger partial charge in [-0.1, -0.05) is 19.8 Å². The van der Waals surface area contributed by atoms with Gasteiger partial charge in [-0.05, 0) is 63.9 Å². The number of aromatic nitrogens is 2. The number of rotatable bonds is 8. The minimum absolute atomic E-state index is 0.138. The second kappa shape index (κ2) is 12.7. The first-order chi connectivity index (χ1) is 21.4. The molecule has 1 atom stereocenters. The third-order valence-electron chi connectivity index (χ3n) is 7.69. The number of unbranched alkanes of at least 4 members (excludes halogenated alkanes) is 2.